The number of aromatic nitrogens is 1. The maximum absolute atomic E-state index is 12.6. The van der Waals surface area contributed by atoms with Gasteiger partial charge in [0.1, 0.15) is 0 Å². The lowest BCUT2D eigenvalue weighted by atomic mass is 10.3. The van der Waals surface area contributed by atoms with Gasteiger partial charge in [0.05, 0.1) is 0 Å². The second-order valence-electron chi connectivity index (χ2n) is 3.53. The van der Waals surface area contributed by atoms with Crippen molar-refractivity contribution in [3.05, 3.63) is 24.3 Å². The summed E-state index contributed by atoms with van der Waals surface area (Å²) in [5.41, 5.74) is 0.827. The Hall–Kier alpha value is -1.12. The largest absolute Gasteiger partial charge is 0.385 e. The highest BCUT2D eigenvalue weighted by Gasteiger charge is 2.19. The smallest absolute Gasteiger partial charge is 0.214 e. The van der Waals surface area contributed by atoms with Gasteiger partial charge in [0.2, 0.25) is 5.95 Å². The number of nitrogens with zero attached hydrogens (tertiary/aromatic N) is 1. The molecule has 3 heteroatoms. The monoisotopic (exact) mass is 180 g/mol. The first-order valence-corrected chi connectivity index (χ1v) is 4.70. The molecule has 0 radical (unpaired) electrons. The third-order valence-electron chi connectivity index (χ3n) is 2.31. The molecule has 0 saturated heterocycles. The highest BCUT2D eigenvalue weighted by atomic mass is 19.1. The van der Waals surface area contributed by atoms with E-state index in [2.05, 4.69) is 10.3 Å². The van der Waals surface area contributed by atoms with E-state index in [1.165, 1.54) is 31.5 Å². The van der Waals surface area contributed by atoms with Crippen LogP contribution in [-0.2, 0) is 0 Å². The number of rotatable bonds is 4. The molecule has 0 atom stereocenters. The summed E-state index contributed by atoms with van der Waals surface area (Å²) in [5, 5.41) is 3.18. The fourth-order valence-corrected chi connectivity index (χ4v) is 1.34. The molecule has 1 aromatic heterocycles. The lowest BCUT2D eigenvalue weighted by molar-refractivity contribution is 0.584. The van der Waals surface area contributed by atoms with Crippen LogP contribution in [0.15, 0.2) is 18.3 Å². The van der Waals surface area contributed by atoms with Gasteiger partial charge in [0.25, 0.3) is 0 Å². The fraction of sp³-hybridized carbons (Fsp3) is 0.500. The van der Waals surface area contributed by atoms with Crippen LogP contribution >= 0.6 is 0 Å². The molecule has 1 heterocycles. The summed E-state index contributed by atoms with van der Waals surface area (Å²) in [6.07, 6.45) is 5.41. The van der Waals surface area contributed by atoms with Gasteiger partial charge in [-0.25, -0.2) is 4.98 Å². The van der Waals surface area contributed by atoms with Gasteiger partial charge >= 0.3 is 0 Å². The van der Waals surface area contributed by atoms with Crippen molar-refractivity contribution in [2.45, 2.75) is 19.3 Å². The summed E-state index contributed by atoms with van der Waals surface area (Å²) in [4.78, 5) is 3.49. The molecule has 1 N–H and O–H groups in total. The van der Waals surface area contributed by atoms with Gasteiger partial charge in [-0.05, 0) is 18.4 Å². The minimum Gasteiger partial charge on any atom is -0.385 e. The van der Waals surface area contributed by atoms with Crippen LogP contribution in [0.5, 0.6) is 0 Å². The second kappa shape index (κ2) is 3.73. The Labute approximate surface area is 77.2 Å². The van der Waals surface area contributed by atoms with Crippen LogP contribution in [0.4, 0.5) is 10.1 Å². The highest BCUT2D eigenvalue weighted by molar-refractivity contribution is 5.40. The molecule has 0 amide bonds. The third kappa shape index (κ3) is 2.68. The van der Waals surface area contributed by atoms with Crippen molar-refractivity contribution in [2.24, 2.45) is 5.92 Å². The third-order valence-corrected chi connectivity index (χ3v) is 2.31. The van der Waals surface area contributed by atoms with Crippen molar-refractivity contribution in [3.63, 3.8) is 0 Å². The van der Waals surface area contributed by atoms with Crippen molar-refractivity contribution in [1.82, 2.24) is 4.98 Å². The summed E-state index contributed by atoms with van der Waals surface area (Å²) >= 11 is 0. The zero-order valence-electron chi connectivity index (χ0n) is 7.46. The topological polar surface area (TPSA) is 24.9 Å². The van der Waals surface area contributed by atoms with Crippen LogP contribution in [0, 0.1) is 11.9 Å². The number of hydrogen-bond donors (Lipinski definition) is 1. The first-order valence-electron chi connectivity index (χ1n) is 4.70. The van der Waals surface area contributed by atoms with E-state index in [0.29, 0.717) is 0 Å². The summed E-state index contributed by atoms with van der Waals surface area (Å²) < 4.78 is 12.6. The molecule has 1 fully saturated rings. The van der Waals surface area contributed by atoms with Crippen LogP contribution in [-0.4, -0.2) is 11.5 Å². The van der Waals surface area contributed by atoms with E-state index in [9.17, 15) is 4.39 Å². The van der Waals surface area contributed by atoms with Crippen molar-refractivity contribution in [1.29, 1.82) is 0 Å². The summed E-state index contributed by atoms with van der Waals surface area (Å²) in [5.74, 6) is 0.496. The van der Waals surface area contributed by atoms with E-state index < -0.39 is 5.95 Å². The van der Waals surface area contributed by atoms with Crippen molar-refractivity contribution < 1.29 is 4.39 Å². The fourth-order valence-electron chi connectivity index (χ4n) is 1.34. The Morgan fingerprint density at radius 2 is 2.38 bits per heavy atom. The second-order valence-corrected chi connectivity index (χ2v) is 3.53. The van der Waals surface area contributed by atoms with Crippen molar-refractivity contribution in [2.75, 3.05) is 11.9 Å². The molecule has 1 aromatic rings. The highest BCUT2D eigenvalue weighted by Crippen LogP contribution is 2.32. The molecule has 13 heavy (non-hydrogen) atoms. The first kappa shape index (κ1) is 8.48. The van der Waals surface area contributed by atoms with Gasteiger partial charge in [-0.3, -0.25) is 0 Å². The Bertz CT molecular complexity index is 284. The molecule has 0 aliphatic heterocycles. The predicted molar refractivity (Wildman–Crippen MR) is 50.0 cm³/mol. The first-order chi connectivity index (χ1) is 6.34. The average Bonchev–Trinajstić information content (AvgIpc) is 2.88. The summed E-state index contributed by atoms with van der Waals surface area (Å²) in [7, 11) is 0. The minimum atomic E-state index is -0.420. The Morgan fingerprint density at radius 3 is 3.08 bits per heavy atom. The molecular weight excluding hydrogens is 167 g/mol. The molecule has 0 unspecified atom stereocenters. The lowest BCUT2D eigenvalue weighted by Gasteiger charge is -2.04. The SMILES string of the molecule is Fc1cc(NCCC2CC2)ccn1. The lowest BCUT2D eigenvalue weighted by Crippen LogP contribution is -2.02. The number of pyridine rings is 1. The molecule has 1 aliphatic rings. The molecule has 1 aliphatic carbocycles. The Balaban J connectivity index is 1.79. The van der Waals surface area contributed by atoms with Crippen LogP contribution in [0.3, 0.4) is 0 Å². The van der Waals surface area contributed by atoms with E-state index in [1.807, 2.05) is 0 Å². The summed E-state index contributed by atoms with van der Waals surface area (Å²) in [6, 6.07) is 3.21. The quantitative estimate of drug-likeness (QED) is 0.720. The van der Waals surface area contributed by atoms with Crippen molar-refractivity contribution >= 4 is 5.69 Å². The van der Waals surface area contributed by atoms with Crippen LogP contribution in [0.25, 0.3) is 0 Å². The molecule has 2 rings (SSSR count). The number of halogens is 1. The standard InChI is InChI=1S/C10H13FN2/c11-10-7-9(4-6-13-10)12-5-3-8-1-2-8/h4,6-8H,1-3,5H2,(H,12,13). The maximum atomic E-state index is 12.6. The van der Waals surface area contributed by atoms with Gasteiger partial charge in [-0.1, -0.05) is 12.8 Å². The van der Waals surface area contributed by atoms with E-state index in [0.717, 1.165) is 18.2 Å². The van der Waals surface area contributed by atoms with E-state index >= 15 is 0 Å². The van der Waals surface area contributed by atoms with Gasteiger partial charge in [0, 0.05) is 24.5 Å². The molecule has 0 bridgehead atoms. The average molecular weight is 180 g/mol. The number of anilines is 1. The molecule has 70 valence electrons. The van der Waals surface area contributed by atoms with Gasteiger partial charge in [-0.2, -0.15) is 4.39 Å². The van der Waals surface area contributed by atoms with E-state index in [1.54, 1.807) is 6.07 Å². The predicted octanol–water partition coefficient (Wildman–Crippen LogP) is 2.43. The van der Waals surface area contributed by atoms with Crippen LogP contribution in [0.2, 0.25) is 0 Å². The Morgan fingerprint density at radius 1 is 1.54 bits per heavy atom. The normalized spacial score (nSPS) is 15.8. The molecular formula is C10H13FN2. The Kier molecular flexibility index (Phi) is 2.43. The zero-order chi connectivity index (χ0) is 9.10. The molecule has 0 spiro atoms. The van der Waals surface area contributed by atoms with Gasteiger partial charge in [0.15, 0.2) is 0 Å². The van der Waals surface area contributed by atoms with Crippen LogP contribution < -0.4 is 5.32 Å². The summed E-state index contributed by atoms with van der Waals surface area (Å²) in [6.45, 7) is 0.939. The van der Waals surface area contributed by atoms with Gasteiger partial charge in [-0.15, -0.1) is 0 Å². The zero-order valence-corrected chi connectivity index (χ0v) is 7.46. The van der Waals surface area contributed by atoms with Gasteiger partial charge < -0.3 is 5.32 Å². The van der Waals surface area contributed by atoms with Crippen LogP contribution in [0.1, 0.15) is 19.3 Å². The van der Waals surface area contributed by atoms with Crippen molar-refractivity contribution in [3.8, 4) is 0 Å². The van der Waals surface area contributed by atoms with E-state index in [4.69, 9.17) is 0 Å². The molecule has 2 nitrogen and oxygen atoms in total. The number of nitrogens with one attached hydrogen (secondary N) is 1. The van der Waals surface area contributed by atoms with E-state index in [-0.39, 0.29) is 0 Å². The molecule has 1 saturated carbocycles. The minimum absolute atomic E-state index is 0.420. The maximum Gasteiger partial charge on any atom is 0.214 e. The number of hydrogen-bond acceptors (Lipinski definition) is 2. The molecule has 0 aromatic carbocycles.